The lowest BCUT2D eigenvalue weighted by atomic mass is 10.0. The number of halogens is 2. The van der Waals surface area contributed by atoms with Crippen LogP contribution < -0.4 is 4.74 Å². The Balaban J connectivity index is 1.77. The van der Waals surface area contributed by atoms with E-state index in [1.54, 1.807) is 24.3 Å². The van der Waals surface area contributed by atoms with Crippen molar-refractivity contribution in [2.45, 2.75) is 12.5 Å². The molecule has 22 heavy (non-hydrogen) atoms. The summed E-state index contributed by atoms with van der Waals surface area (Å²) in [5.41, 5.74) is 1.12. The molecule has 0 saturated carbocycles. The van der Waals surface area contributed by atoms with Gasteiger partial charge in [-0.3, -0.25) is 4.79 Å². The van der Waals surface area contributed by atoms with Gasteiger partial charge in [-0.25, -0.2) is 0 Å². The molecule has 3 nitrogen and oxygen atoms in total. The predicted octanol–water partition coefficient (Wildman–Crippen LogP) is 4.34. The van der Waals surface area contributed by atoms with E-state index in [-0.39, 0.29) is 11.9 Å². The lowest BCUT2D eigenvalue weighted by Crippen LogP contribution is -2.15. The zero-order valence-electron chi connectivity index (χ0n) is 11.7. The molecule has 1 atom stereocenters. The van der Waals surface area contributed by atoms with Gasteiger partial charge in [-0.1, -0.05) is 11.6 Å². The van der Waals surface area contributed by atoms with E-state index in [1.165, 1.54) is 0 Å². The molecular weight excluding hydrogens is 415 g/mol. The molecule has 0 spiro atoms. The fourth-order valence-electron chi connectivity index (χ4n) is 2.31. The molecule has 0 N–H and O–H groups in total. The van der Waals surface area contributed by atoms with Crippen LogP contribution in [0.15, 0.2) is 42.5 Å². The van der Waals surface area contributed by atoms with E-state index in [4.69, 9.17) is 21.1 Å². The number of carbonyl (C=O) groups is 1. The van der Waals surface area contributed by atoms with Crippen molar-refractivity contribution in [2.24, 2.45) is 0 Å². The Morgan fingerprint density at radius 2 is 2.00 bits per heavy atom. The first-order valence-corrected chi connectivity index (χ1v) is 8.43. The van der Waals surface area contributed by atoms with E-state index in [9.17, 15) is 4.79 Å². The second kappa shape index (κ2) is 6.98. The largest absolute Gasteiger partial charge is 0.488 e. The van der Waals surface area contributed by atoms with Crippen LogP contribution >= 0.6 is 34.2 Å². The van der Waals surface area contributed by atoms with Crippen molar-refractivity contribution >= 4 is 40.0 Å². The Bertz CT molecular complexity index is 679. The van der Waals surface area contributed by atoms with Gasteiger partial charge >= 0.3 is 0 Å². The van der Waals surface area contributed by atoms with Crippen LogP contribution in [0, 0.1) is 3.57 Å². The number of ketones is 1. The van der Waals surface area contributed by atoms with Gasteiger partial charge in [0.15, 0.2) is 5.78 Å². The first-order valence-electron chi connectivity index (χ1n) is 6.98. The first kappa shape index (κ1) is 15.8. The van der Waals surface area contributed by atoms with Crippen molar-refractivity contribution in [2.75, 3.05) is 13.2 Å². The van der Waals surface area contributed by atoms with Crippen LogP contribution in [-0.4, -0.2) is 25.1 Å². The van der Waals surface area contributed by atoms with Gasteiger partial charge in [-0.15, -0.1) is 0 Å². The summed E-state index contributed by atoms with van der Waals surface area (Å²) < 4.78 is 12.1. The zero-order valence-corrected chi connectivity index (χ0v) is 14.6. The number of benzene rings is 2. The molecule has 0 radical (unpaired) electrons. The van der Waals surface area contributed by atoms with Crippen LogP contribution in [0.5, 0.6) is 5.75 Å². The maximum absolute atomic E-state index is 12.5. The van der Waals surface area contributed by atoms with E-state index in [2.05, 4.69) is 22.6 Å². The van der Waals surface area contributed by atoms with Crippen LogP contribution in [0.2, 0.25) is 5.02 Å². The molecule has 1 aliphatic rings. The Kier molecular flexibility index (Phi) is 5.00. The van der Waals surface area contributed by atoms with Crippen LogP contribution in [0.25, 0.3) is 0 Å². The molecule has 2 aromatic carbocycles. The van der Waals surface area contributed by atoms with Crippen LogP contribution in [0.3, 0.4) is 0 Å². The van der Waals surface area contributed by atoms with E-state index >= 15 is 0 Å². The predicted molar refractivity (Wildman–Crippen MR) is 93.9 cm³/mol. The molecule has 1 saturated heterocycles. The van der Waals surface area contributed by atoms with Crippen LogP contribution in [0.4, 0.5) is 0 Å². The standard InChI is InChI=1S/C17H14ClIO3/c18-16-6-3-12(19)9-15(16)17(20)11-1-4-13(5-2-11)22-14-7-8-21-10-14/h1-6,9,14H,7-8,10H2/t14-/m1/s1. The van der Waals surface area contributed by atoms with Crippen molar-refractivity contribution in [3.63, 3.8) is 0 Å². The minimum atomic E-state index is -0.0840. The number of rotatable bonds is 4. The van der Waals surface area contributed by atoms with Gasteiger partial charge in [0.1, 0.15) is 11.9 Å². The van der Waals surface area contributed by atoms with Crippen LogP contribution in [0.1, 0.15) is 22.3 Å². The highest BCUT2D eigenvalue weighted by Gasteiger charge is 2.18. The Morgan fingerprint density at radius 3 is 2.68 bits per heavy atom. The summed E-state index contributed by atoms with van der Waals surface area (Å²) in [6.45, 7) is 1.37. The monoisotopic (exact) mass is 428 g/mol. The normalized spacial score (nSPS) is 17.5. The van der Waals surface area contributed by atoms with Gasteiger partial charge in [-0.05, 0) is 65.1 Å². The van der Waals surface area contributed by atoms with Crippen molar-refractivity contribution in [3.8, 4) is 5.75 Å². The Morgan fingerprint density at radius 1 is 1.23 bits per heavy atom. The van der Waals surface area contributed by atoms with Crippen LogP contribution in [-0.2, 0) is 4.74 Å². The van der Waals surface area contributed by atoms with Gasteiger partial charge in [0.25, 0.3) is 0 Å². The maximum atomic E-state index is 12.5. The third-order valence-corrected chi connectivity index (χ3v) is 4.48. The molecule has 0 bridgehead atoms. The molecule has 0 unspecified atom stereocenters. The van der Waals surface area contributed by atoms with Crippen molar-refractivity contribution < 1.29 is 14.3 Å². The summed E-state index contributed by atoms with van der Waals surface area (Å²) in [5.74, 6) is 0.667. The van der Waals surface area contributed by atoms with E-state index in [0.717, 1.165) is 22.3 Å². The van der Waals surface area contributed by atoms with Crippen molar-refractivity contribution in [1.29, 1.82) is 0 Å². The molecule has 2 aromatic rings. The van der Waals surface area contributed by atoms with Gasteiger partial charge in [0.05, 0.1) is 18.2 Å². The summed E-state index contributed by atoms with van der Waals surface area (Å²) in [5, 5.41) is 0.467. The first-order chi connectivity index (χ1) is 10.6. The Hall–Kier alpha value is -1.11. The molecule has 5 heteroatoms. The number of carbonyl (C=O) groups excluding carboxylic acids is 1. The molecule has 1 aliphatic heterocycles. The number of hydrogen-bond donors (Lipinski definition) is 0. The van der Waals surface area contributed by atoms with E-state index < -0.39 is 0 Å². The molecule has 0 aromatic heterocycles. The minimum Gasteiger partial charge on any atom is -0.488 e. The van der Waals surface area contributed by atoms with Crippen molar-refractivity contribution in [1.82, 2.24) is 0 Å². The zero-order chi connectivity index (χ0) is 15.5. The van der Waals surface area contributed by atoms with E-state index in [0.29, 0.717) is 22.8 Å². The number of ether oxygens (including phenoxy) is 2. The average molecular weight is 429 g/mol. The number of hydrogen-bond acceptors (Lipinski definition) is 3. The second-order valence-electron chi connectivity index (χ2n) is 5.08. The topological polar surface area (TPSA) is 35.5 Å². The summed E-state index contributed by atoms with van der Waals surface area (Å²) in [6, 6.07) is 12.6. The van der Waals surface area contributed by atoms with Gasteiger partial charge in [0, 0.05) is 21.1 Å². The van der Waals surface area contributed by atoms with E-state index in [1.807, 2.05) is 18.2 Å². The molecule has 0 amide bonds. The average Bonchev–Trinajstić information content (AvgIpc) is 3.03. The second-order valence-corrected chi connectivity index (χ2v) is 6.73. The lowest BCUT2D eigenvalue weighted by molar-refractivity contribution is 0.103. The summed E-state index contributed by atoms with van der Waals surface area (Å²) in [4.78, 5) is 12.5. The van der Waals surface area contributed by atoms with Gasteiger partial charge < -0.3 is 9.47 Å². The third-order valence-electron chi connectivity index (χ3n) is 3.48. The molecule has 0 aliphatic carbocycles. The SMILES string of the molecule is O=C(c1ccc(O[C@@H]2CCOC2)cc1)c1cc(I)ccc1Cl. The highest BCUT2D eigenvalue weighted by molar-refractivity contribution is 14.1. The molecular formula is C17H14ClIO3. The Labute approximate surface area is 147 Å². The fraction of sp³-hybridized carbons (Fsp3) is 0.235. The fourth-order valence-corrected chi connectivity index (χ4v) is 3.00. The maximum Gasteiger partial charge on any atom is 0.194 e. The summed E-state index contributed by atoms with van der Waals surface area (Å²) in [7, 11) is 0. The summed E-state index contributed by atoms with van der Waals surface area (Å²) >= 11 is 8.29. The smallest absolute Gasteiger partial charge is 0.194 e. The highest BCUT2D eigenvalue weighted by Crippen LogP contribution is 2.24. The highest BCUT2D eigenvalue weighted by atomic mass is 127. The lowest BCUT2D eigenvalue weighted by Gasteiger charge is -2.12. The minimum absolute atomic E-state index is 0.0840. The quantitative estimate of drug-likeness (QED) is 0.537. The molecule has 3 rings (SSSR count). The molecule has 1 heterocycles. The summed E-state index contributed by atoms with van der Waals surface area (Å²) in [6.07, 6.45) is 1.00. The molecule has 114 valence electrons. The third kappa shape index (κ3) is 3.62. The van der Waals surface area contributed by atoms with Gasteiger partial charge in [-0.2, -0.15) is 0 Å². The van der Waals surface area contributed by atoms with Crippen molar-refractivity contribution in [3.05, 3.63) is 62.2 Å². The van der Waals surface area contributed by atoms with Gasteiger partial charge in [0.2, 0.25) is 0 Å². The molecule has 1 fully saturated rings.